The summed E-state index contributed by atoms with van der Waals surface area (Å²) in [6.45, 7) is 5.49. The van der Waals surface area contributed by atoms with E-state index in [1.807, 2.05) is 12.1 Å². The van der Waals surface area contributed by atoms with Gasteiger partial charge in [0.05, 0.1) is 6.61 Å². The zero-order valence-electron chi connectivity index (χ0n) is 13.1. The minimum Gasteiger partial charge on any atom is -0.381 e. The Morgan fingerprint density at radius 2 is 2.10 bits per heavy atom. The van der Waals surface area contributed by atoms with E-state index >= 15 is 0 Å². The first kappa shape index (κ1) is 16.4. The minimum atomic E-state index is -0.194. The lowest BCUT2D eigenvalue weighted by Gasteiger charge is -2.40. The van der Waals surface area contributed by atoms with Gasteiger partial charge in [0.15, 0.2) is 0 Å². The summed E-state index contributed by atoms with van der Waals surface area (Å²) in [5.74, 6) is 0.392. The van der Waals surface area contributed by atoms with Crippen LogP contribution in [0.25, 0.3) is 0 Å². The minimum absolute atomic E-state index is 0.116. The van der Waals surface area contributed by atoms with Gasteiger partial charge in [-0.15, -0.1) is 0 Å². The number of benzene rings is 1. The molecule has 0 spiro atoms. The summed E-state index contributed by atoms with van der Waals surface area (Å²) in [5.41, 5.74) is 7.05. The van der Waals surface area contributed by atoms with E-state index in [1.165, 1.54) is 18.6 Å². The molecule has 118 valence electrons. The van der Waals surface area contributed by atoms with Crippen LogP contribution in [0.1, 0.15) is 25.3 Å². The Hall–Kier alpha value is -0.970. The molecule has 1 saturated heterocycles. The number of likely N-dealkylation sites (N-methyl/N-ethyl adjacent to an activating group) is 1. The molecule has 0 aromatic heterocycles. The van der Waals surface area contributed by atoms with E-state index in [0.717, 1.165) is 38.2 Å². The summed E-state index contributed by atoms with van der Waals surface area (Å²) in [5, 5.41) is 0. The summed E-state index contributed by atoms with van der Waals surface area (Å²) >= 11 is 0. The second-order valence-electron chi connectivity index (χ2n) is 6.47. The number of rotatable bonds is 6. The van der Waals surface area contributed by atoms with Crippen molar-refractivity contribution in [1.82, 2.24) is 4.90 Å². The van der Waals surface area contributed by atoms with E-state index in [4.69, 9.17) is 10.5 Å². The van der Waals surface area contributed by atoms with E-state index in [-0.39, 0.29) is 11.4 Å². The van der Waals surface area contributed by atoms with Gasteiger partial charge in [-0.2, -0.15) is 0 Å². The highest BCUT2D eigenvalue weighted by molar-refractivity contribution is 5.19. The van der Waals surface area contributed by atoms with Gasteiger partial charge in [0.25, 0.3) is 0 Å². The summed E-state index contributed by atoms with van der Waals surface area (Å²) in [7, 11) is 2.13. The van der Waals surface area contributed by atoms with Gasteiger partial charge in [0.2, 0.25) is 0 Å². The summed E-state index contributed by atoms with van der Waals surface area (Å²) in [4.78, 5) is 2.34. The standard InChI is InChI=1S/C17H27FN2O/c1-17(13-19,10-14-5-7-16(18)8-6-14)20(2)11-15-4-3-9-21-12-15/h5-8,15H,3-4,9-13,19H2,1-2H3. The first-order valence-corrected chi connectivity index (χ1v) is 7.77. The van der Waals surface area contributed by atoms with E-state index in [1.54, 1.807) is 0 Å². The monoisotopic (exact) mass is 294 g/mol. The van der Waals surface area contributed by atoms with Gasteiger partial charge in [0.1, 0.15) is 5.82 Å². The van der Waals surface area contributed by atoms with Crippen molar-refractivity contribution in [3.8, 4) is 0 Å². The molecule has 1 aromatic carbocycles. The Balaban J connectivity index is 1.99. The summed E-state index contributed by atoms with van der Waals surface area (Å²) < 4.78 is 18.6. The molecule has 2 unspecified atom stereocenters. The number of halogens is 1. The molecule has 2 rings (SSSR count). The maximum atomic E-state index is 13.0. The highest BCUT2D eigenvalue weighted by Gasteiger charge is 2.30. The van der Waals surface area contributed by atoms with E-state index in [2.05, 4.69) is 18.9 Å². The first-order chi connectivity index (χ1) is 10.0. The average Bonchev–Trinajstić information content (AvgIpc) is 2.50. The van der Waals surface area contributed by atoms with Crippen LogP contribution in [-0.2, 0) is 11.2 Å². The predicted octanol–water partition coefficient (Wildman–Crippen LogP) is 2.44. The predicted molar refractivity (Wildman–Crippen MR) is 83.7 cm³/mol. The van der Waals surface area contributed by atoms with Crippen molar-refractivity contribution >= 4 is 0 Å². The fourth-order valence-corrected chi connectivity index (χ4v) is 2.96. The molecule has 0 amide bonds. The molecule has 0 bridgehead atoms. The highest BCUT2D eigenvalue weighted by Crippen LogP contribution is 2.23. The van der Waals surface area contributed by atoms with Crippen molar-refractivity contribution in [2.24, 2.45) is 11.7 Å². The summed E-state index contributed by atoms with van der Waals surface area (Å²) in [6.07, 6.45) is 3.20. The fraction of sp³-hybridized carbons (Fsp3) is 0.647. The Morgan fingerprint density at radius 1 is 1.38 bits per heavy atom. The second-order valence-corrected chi connectivity index (χ2v) is 6.47. The van der Waals surface area contributed by atoms with Crippen molar-refractivity contribution < 1.29 is 9.13 Å². The average molecular weight is 294 g/mol. The van der Waals surface area contributed by atoms with E-state index in [9.17, 15) is 4.39 Å². The highest BCUT2D eigenvalue weighted by atomic mass is 19.1. The third kappa shape index (κ3) is 4.50. The van der Waals surface area contributed by atoms with Crippen LogP contribution in [0.4, 0.5) is 4.39 Å². The maximum Gasteiger partial charge on any atom is 0.123 e. The maximum absolute atomic E-state index is 13.0. The molecular formula is C17H27FN2O. The zero-order valence-corrected chi connectivity index (χ0v) is 13.1. The molecule has 4 heteroatoms. The molecule has 2 N–H and O–H groups in total. The SMILES string of the molecule is CN(CC1CCCOC1)C(C)(CN)Cc1ccc(F)cc1. The number of hydrogen-bond acceptors (Lipinski definition) is 3. The first-order valence-electron chi connectivity index (χ1n) is 7.77. The van der Waals surface area contributed by atoms with Crippen molar-refractivity contribution in [1.29, 1.82) is 0 Å². The molecule has 0 aliphatic carbocycles. The van der Waals surface area contributed by atoms with Crippen LogP contribution in [0, 0.1) is 11.7 Å². The Bertz CT molecular complexity index is 431. The Kier molecular flexibility index (Phi) is 5.73. The van der Waals surface area contributed by atoms with Crippen LogP contribution in [0.15, 0.2) is 24.3 Å². The largest absolute Gasteiger partial charge is 0.381 e. The molecule has 1 aromatic rings. The van der Waals surface area contributed by atoms with Crippen LogP contribution in [-0.4, -0.2) is 43.8 Å². The van der Waals surface area contributed by atoms with Gasteiger partial charge in [-0.25, -0.2) is 4.39 Å². The van der Waals surface area contributed by atoms with Gasteiger partial charge in [-0.3, -0.25) is 4.90 Å². The van der Waals surface area contributed by atoms with Crippen molar-refractivity contribution in [2.75, 3.05) is 33.4 Å². The van der Waals surface area contributed by atoms with Crippen LogP contribution in [0.2, 0.25) is 0 Å². The van der Waals surface area contributed by atoms with Crippen LogP contribution in [0.5, 0.6) is 0 Å². The normalized spacial score (nSPS) is 22.2. The Labute approximate surface area is 127 Å². The fourth-order valence-electron chi connectivity index (χ4n) is 2.96. The lowest BCUT2D eigenvalue weighted by atomic mass is 9.89. The van der Waals surface area contributed by atoms with Crippen molar-refractivity contribution in [3.63, 3.8) is 0 Å². The van der Waals surface area contributed by atoms with Gasteiger partial charge >= 0.3 is 0 Å². The van der Waals surface area contributed by atoms with Gasteiger partial charge in [0, 0.05) is 25.2 Å². The van der Waals surface area contributed by atoms with Gasteiger partial charge in [-0.05, 0) is 56.8 Å². The Morgan fingerprint density at radius 3 is 2.67 bits per heavy atom. The zero-order chi connectivity index (χ0) is 15.3. The third-order valence-corrected chi connectivity index (χ3v) is 4.65. The molecule has 1 aliphatic rings. The van der Waals surface area contributed by atoms with Crippen molar-refractivity contribution in [2.45, 2.75) is 31.7 Å². The number of nitrogens with zero attached hydrogens (tertiary/aromatic N) is 1. The molecule has 1 heterocycles. The van der Waals surface area contributed by atoms with Gasteiger partial charge < -0.3 is 10.5 Å². The van der Waals surface area contributed by atoms with Crippen LogP contribution >= 0.6 is 0 Å². The molecule has 3 nitrogen and oxygen atoms in total. The summed E-state index contributed by atoms with van der Waals surface area (Å²) in [6, 6.07) is 6.73. The second kappa shape index (κ2) is 7.34. The van der Waals surface area contributed by atoms with E-state index < -0.39 is 0 Å². The van der Waals surface area contributed by atoms with Gasteiger partial charge in [-0.1, -0.05) is 12.1 Å². The number of ether oxygens (including phenoxy) is 1. The molecule has 21 heavy (non-hydrogen) atoms. The molecule has 0 radical (unpaired) electrons. The molecule has 1 aliphatic heterocycles. The van der Waals surface area contributed by atoms with Crippen LogP contribution < -0.4 is 5.73 Å². The molecule has 0 saturated carbocycles. The molecular weight excluding hydrogens is 267 g/mol. The number of hydrogen-bond donors (Lipinski definition) is 1. The van der Waals surface area contributed by atoms with Crippen LogP contribution in [0.3, 0.4) is 0 Å². The number of nitrogens with two attached hydrogens (primary N) is 1. The molecule has 2 atom stereocenters. The smallest absolute Gasteiger partial charge is 0.123 e. The third-order valence-electron chi connectivity index (χ3n) is 4.65. The lowest BCUT2D eigenvalue weighted by Crippen LogP contribution is -2.53. The van der Waals surface area contributed by atoms with Crippen molar-refractivity contribution in [3.05, 3.63) is 35.6 Å². The van der Waals surface area contributed by atoms with E-state index in [0.29, 0.717) is 12.5 Å². The lowest BCUT2D eigenvalue weighted by molar-refractivity contribution is 0.0239. The quantitative estimate of drug-likeness (QED) is 0.876. The molecule has 1 fully saturated rings. The topological polar surface area (TPSA) is 38.5 Å².